The molecule has 0 atom stereocenters. The van der Waals surface area contributed by atoms with Gasteiger partial charge in [0.2, 0.25) is 0 Å². The van der Waals surface area contributed by atoms with E-state index in [-0.39, 0.29) is 23.4 Å². The van der Waals surface area contributed by atoms with Gasteiger partial charge in [0.15, 0.2) is 11.5 Å². The molecule has 0 fully saturated rings. The highest BCUT2D eigenvalue weighted by atomic mass is 35.5. The lowest BCUT2D eigenvalue weighted by atomic mass is 10.1. The Morgan fingerprint density at radius 1 is 1.09 bits per heavy atom. The lowest BCUT2D eigenvalue weighted by Crippen LogP contribution is -2.21. The largest absolute Gasteiger partial charge is 0.493 e. The molecule has 0 N–H and O–H groups in total. The van der Waals surface area contributed by atoms with Gasteiger partial charge in [0.25, 0.3) is 5.91 Å². The average Bonchev–Trinajstić information content (AvgIpc) is 3.08. The van der Waals surface area contributed by atoms with Crippen LogP contribution in [0.3, 0.4) is 0 Å². The van der Waals surface area contributed by atoms with Gasteiger partial charge in [-0.15, -0.1) is 0 Å². The van der Waals surface area contributed by atoms with Crippen molar-refractivity contribution in [1.29, 1.82) is 0 Å². The number of anilines is 1. The summed E-state index contributed by atoms with van der Waals surface area (Å²) in [5.74, 6) is 0.0827. The van der Waals surface area contributed by atoms with Gasteiger partial charge in [-0.2, -0.15) is 10.1 Å². The number of hydrogen-bond acceptors (Lipinski definition) is 4. The molecule has 3 aromatic carbocycles. The Kier molecular flexibility index (Phi) is 6.23. The number of halogens is 2. The quantitative estimate of drug-likeness (QED) is 0.441. The normalized spacial score (nSPS) is 14.6. The Balaban J connectivity index is 1.60. The third-order valence-corrected chi connectivity index (χ3v) is 5.24. The second kappa shape index (κ2) is 9.24. The van der Waals surface area contributed by atoms with Crippen molar-refractivity contribution < 1.29 is 18.7 Å². The summed E-state index contributed by atoms with van der Waals surface area (Å²) in [5, 5.41) is 6.03. The number of benzene rings is 3. The number of carbonyl (C=O) groups is 1. The second-order valence-corrected chi connectivity index (χ2v) is 7.52. The van der Waals surface area contributed by atoms with Crippen molar-refractivity contribution in [1.82, 2.24) is 0 Å². The summed E-state index contributed by atoms with van der Waals surface area (Å²) in [6.07, 6.45) is 1.71. The molecule has 1 aliphatic rings. The topological polar surface area (TPSA) is 51.1 Å². The van der Waals surface area contributed by atoms with E-state index >= 15 is 0 Å². The third kappa shape index (κ3) is 4.36. The van der Waals surface area contributed by atoms with Crippen LogP contribution in [0.1, 0.15) is 18.1 Å². The van der Waals surface area contributed by atoms with Gasteiger partial charge in [-0.25, -0.2) is 4.39 Å². The Morgan fingerprint density at radius 3 is 2.53 bits per heavy atom. The minimum absolute atomic E-state index is 0.000519. The van der Waals surface area contributed by atoms with E-state index in [0.717, 1.165) is 0 Å². The maximum atomic E-state index is 13.9. The molecule has 7 heteroatoms. The lowest BCUT2D eigenvalue weighted by molar-refractivity contribution is -0.114. The summed E-state index contributed by atoms with van der Waals surface area (Å²) in [7, 11) is 1.49. The van der Waals surface area contributed by atoms with Gasteiger partial charge in [0.1, 0.15) is 12.4 Å². The number of para-hydroxylation sites is 1. The van der Waals surface area contributed by atoms with Gasteiger partial charge in [0.05, 0.1) is 29.1 Å². The summed E-state index contributed by atoms with van der Waals surface area (Å²) >= 11 is 6.45. The summed E-state index contributed by atoms with van der Waals surface area (Å²) in [5.41, 5.74) is 2.78. The molecule has 0 bridgehead atoms. The van der Waals surface area contributed by atoms with Crippen molar-refractivity contribution in [2.45, 2.75) is 13.5 Å². The Bertz CT molecular complexity index is 1230. The number of ether oxygens (including phenoxy) is 2. The minimum atomic E-state index is -0.360. The van der Waals surface area contributed by atoms with Gasteiger partial charge >= 0.3 is 0 Å². The van der Waals surface area contributed by atoms with Crippen molar-refractivity contribution >= 4 is 35.0 Å². The van der Waals surface area contributed by atoms with Gasteiger partial charge in [0, 0.05) is 5.56 Å². The first-order chi connectivity index (χ1) is 15.5. The van der Waals surface area contributed by atoms with E-state index in [0.29, 0.717) is 39.6 Å². The Labute approximate surface area is 190 Å². The van der Waals surface area contributed by atoms with Gasteiger partial charge in [-0.3, -0.25) is 4.79 Å². The number of hydrazone groups is 1. The van der Waals surface area contributed by atoms with Crippen LogP contribution in [0.25, 0.3) is 6.08 Å². The van der Waals surface area contributed by atoms with Crippen molar-refractivity contribution in [3.63, 3.8) is 0 Å². The molecule has 3 aromatic rings. The summed E-state index contributed by atoms with van der Waals surface area (Å²) < 4.78 is 25.1. The fourth-order valence-corrected chi connectivity index (χ4v) is 3.60. The van der Waals surface area contributed by atoms with Crippen LogP contribution in [0, 0.1) is 5.82 Å². The van der Waals surface area contributed by atoms with E-state index in [1.807, 2.05) is 30.3 Å². The Hall–Kier alpha value is -3.64. The van der Waals surface area contributed by atoms with Crippen molar-refractivity contribution in [2.75, 3.05) is 12.1 Å². The number of rotatable bonds is 6. The summed E-state index contributed by atoms with van der Waals surface area (Å²) in [6.45, 7) is 1.77. The standard InChI is InChI=1S/C25H20ClFN2O3/c1-16-20(25(30)29(28-16)19-9-4-3-5-10-19)12-17-13-21(26)24(23(14-17)31-2)32-15-18-8-6-7-11-22(18)27/h3-14H,15H2,1-2H3/b20-12+. The van der Waals surface area contributed by atoms with Crippen LogP contribution < -0.4 is 14.5 Å². The molecular weight excluding hydrogens is 431 g/mol. The number of hydrogen-bond donors (Lipinski definition) is 0. The summed E-state index contributed by atoms with van der Waals surface area (Å²) in [4.78, 5) is 12.9. The number of nitrogens with zero attached hydrogens (tertiary/aromatic N) is 2. The molecule has 1 amide bonds. The number of amides is 1. The van der Waals surface area contributed by atoms with Crippen molar-refractivity contribution in [3.8, 4) is 11.5 Å². The minimum Gasteiger partial charge on any atom is -0.493 e. The SMILES string of the molecule is COc1cc(/C=C2/C(=O)N(c3ccccc3)N=C2C)cc(Cl)c1OCc1ccccc1F. The van der Waals surface area contributed by atoms with Gasteiger partial charge in [-0.1, -0.05) is 48.0 Å². The fraction of sp³-hybridized carbons (Fsp3) is 0.120. The molecule has 0 aliphatic carbocycles. The maximum Gasteiger partial charge on any atom is 0.280 e. The molecule has 4 rings (SSSR count). The van der Waals surface area contributed by atoms with Crippen molar-refractivity contribution in [2.24, 2.45) is 5.10 Å². The van der Waals surface area contributed by atoms with Crippen LogP contribution in [-0.2, 0) is 11.4 Å². The molecule has 5 nitrogen and oxygen atoms in total. The maximum absolute atomic E-state index is 13.9. The molecule has 162 valence electrons. The van der Waals surface area contributed by atoms with Crippen molar-refractivity contribution in [3.05, 3.63) is 94.3 Å². The van der Waals surface area contributed by atoms with E-state index in [4.69, 9.17) is 21.1 Å². The molecule has 1 heterocycles. The predicted octanol–water partition coefficient (Wildman–Crippen LogP) is 5.87. The molecule has 0 saturated heterocycles. The Morgan fingerprint density at radius 2 is 1.81 bits per heavy atom. The molecule has 0 spiro atoms. The van der Waals surface area contributed by atoms with Crippen LogP contribution in [-0.4, -0.2) is 18.7 Å². The molecular formula is C25H20ClFN2O3. The highest BCUT2D eigenvalue weighted by molar-refractivity contribution is 6.33. The van der Waals surface area contributed by atoms with Gasteiger partial charge in [-0.05, 0) is 48.9 Å². The number of carbonyl (C=O) groups excluding carboxylic acids is 1. The van der Waals surface area contributed by atoms with E-state index in [1.165, 1.54) is 18.2 Å². The first-order valence-corrected chi connectivity index (χ1v) is 10.3. The molecule has 0 saturated carbocycles. The molecule has 0 aromatic heterocycles. The van der Waals surface area contributed by atoms with Crippen LogP contribution in [0.2, 0.25) is 5.02 Å². The first kappa shape index (κ1) is 21.6. The van der Waals surface area contributed by atoms with E-state index < -0.39 is 0 Å². The predicted molar refractivity (Wildman–Crippen MR) is 124 cm³/mol. The van der Waals surface area contributed by atoms with E-state index in [2.05, 4.69) is 5.10 Å². The monoisotopic (exact) mass is 450 g/mol. The smallest absolute Gasteiger partial charge is 0.280 e. The first-order valence-electron chi connectivity index (χ1n) is 9.88. The van der Waals surface area contributed by atoms with Crippen LogP contribution in [0.4, 0.5) is 10.1 Å². The highest BCUT2D eigenvalue weighted by Gasteiger charge is 2.28. The zero-order valence-electron chi connectivity index (χ0n) is 17.5. The second-order valence-electron chi connectivity index (χ2n) is 7.11. The lowest BCUT2D eigenvalue weighted by Gasteiger charge is -2.14. The van der Waals surface area contributed by atoms with E-state index in [9.17, 15) is 9.18 Å². The van der Waals surface area contributed by atoms with E-state index in [1.54, 1.807) is 43.3 Å². The molecule has 0 radical (unpaired) electrons. The van der Waals surface area contributed by atoms with Crippen LogP contribution >= 0.6 is 11.6 Å². The zero-order valence-corrected chi connectivity index (χ0v) is 18.3. The third-order valence-electron chi connectivity index (χ3n) is 4.96. The zero-order chi connectivity index (χ0) is 22.7. The fourth-order valence-electron chi connectivity index (χ4n) is 3.32. The average molecular weight is 451 g/mol. The van der Waals surface area contributed by atoms with Gasteiger partial charge < -0.3 is 9.47 Å². The molecule has 1 aliphatic heterocycles. The number of methoxy groups -OCH3 is 1. The summed E-state index contributed by atoms with van der Waals surface area (Å²) in [6, 6.07) is 18.9. The van der Waals surface area contributed by atoms with Crippen LogP contribution in [0.15, 0.2) is 77.4 Å². The highest BCUT2D eigenvalue weighted by Crippen LogP contribution is 2.38. The molecule has 0 unspecified atom stereocenters. The van der Waals surface area contributed by atoms with Crippen LogP contribution in [0.5, 0.6) is 11.5 Å². The molecule has 32 heavy (non-hydrogen) atoms.